The summed E-state index contributed by atoms with van der Waals surface area (Å²) in [6.45, 7) is 1.06. The molecular weight excluding hydrogens is 372 g/mol. The maximum atomic E-state index is 12.8. The minimum absolute atomic E-state index is 0.132. The zero-order valence-electron chi connectivity index (χ0n) is 14.3. The minimum Gasteiger partial charge on any atom is -0.324 e. The summed E-state index contributed by atoms with van der Waals surface area (Å²) in [5, 5.41) is 5.61. The van der Waals surface area contributed by atoms with Gasteiger partial charge in [0.05, 0.1) is 22.4 Å². The average molecular weight is 393 g/mol. The first-order valence-electron chi connectivity index (χ1n) is 8.45. The van der Waals surface area contributed by atoms with Crippen LogP contribution in [0.1, 0.15) is 12.8 Å². The molecule has 1 aromatic carbocycles. The molecule has 4 rings (SSSR count). The number of urea groups is 1. The average Bonchev–Trinajstić information content (AvgIpc) is 3.21. The van der Waals surface area contributed by atoms with E-state index in [4.69, 9.17) is 0 Å². The van der Waals surface area contributed by atoms with Gasteiger partial charge in [-0.3, -0.25) is 9.62 Å². The molecule has 7 nitrogen and oxygen atoms in total. The van der Waals surface area contributed by atoms with Gasteiger partial charge in [-0.15, -0.1) is 11.3 Å². The van der Waals surface area contributed by atoms with Crippen LogP contribution in [0.5, 0.6) is 0 Å². The highest BCUT2D eigenvalue weighted by atomic mass is 32.2. The number of hydrogen-bond acceptors (Lipinski definition) is 4. The Morgan fingerprint density at radius 2 is 1.81 bits per heavy atom. The largest absolute Gasteiger partial charge is 0.326 e. The summed E-state index contributed by atoms with van der Waals surface area (Å²) in [6.07, 6.45) is 1.22. The van der Waals surface area contributed by atoms with Crippen molar-refractivity contribution in [1.29, 1.82) is 0 Å². The number of likely N-dealkylation sites (tertiary alicyclic amines) is 1. The van der Waals surface area contributed by atoms with Gasteiger partial charge in [0.15, 0.2) is 0 Å². The van der Waals surface area contributed by atoms with Crippen molar-refractivity contribution in [2.24, 2.45) is 0 Å². The Morgan fingerprint density at radius 3 is 2.46 bits per heavy atom. The minimum atomic E-state index is -3.55. The lowest BCUT2D eigenvalue weighted by Crippen LogP contribution is -2.50. The van der Waals surface area contributed by atoms with Crippen molar-refractivity contribution in [3.63, 3.8) is 0 Å². The molecule has 0 radical (unpaired) electrons. The molecule has 1 fully saturated rings. The van der Waals surface area contributed by atoms with Crippen LogP contribution in [0.15, 0.2) is 41.8 Å². The van der Waals surface area contributed by atoms with E-state index < -0.39 is 10.2 Å². The fraction of sp³-hybridized carbons (Fsp3) is 0.353. The van der Waals surface area contributed by atoms with Crippen LogP contribution in [0.4, 0.5) is 21.2 Å². The van der Waals surface area contributed by atoms with Crippen molar-refractivity contribution in [1.82, 2.24) is 4.90 Å². The summed E-state index contributed by atoms with van der Waals surface area (Å²) in [4.78, 5) is 14.1. The van der Waals surface area contributed by atoms with Gasteiger partial charge in [0.25, 0.3) is 0 Å². The molecule has 0 spiro atoms. The van der Waals surface area contributed by atoms with Crippen LogP contribution in [0.2, 0.25) is 0 Å². The number of amides is 2. The number of rotatable bonds is 2. The second-order valence-corrected chi connectivity index (χ2v) is 9.17. The lowest BCUT2D eigenvalue weighted by molar-refractivity contribution is 0.195. The molecule has 1 saturated heterocycles. The highest BCUT2D eigenvalue weighted by Gasteiger charge is 2.43. The van der Waals surface area contributed by atoms with E-state index in [1.54, 1.807) is 11.9 Å². The summed E-state index contributed by atoms with van der Waals surface area (Å²) in [5.74, 6) is 0. The van der Waals surface area contributed by atoms with Gasteiger partial charge in [0, 0.05) is 20.1 Å². The third-order valence-corrected chi connectivity index (χ3v) is 7.55. The van der Waals surface area contributed by atoms with Gasteiger partial charge in [-0.1, -0.05) is 12.1 Å². The molecule has 9 heteroatoms. The number of carbonyl (C=O) groups excluding carboxylic acids is 1. The van der Waals surface area contributed by atoms with Crippen molar-refractivity contribution in [3.8, 4) is 0 Å². The Bertz CT molecular complexity index is 906. The van der Waals surface area contributed by atoms with E-state index in [1.165, 1.54) is 19.9 Å². The maximum Gasteiger partial charge on any atom is 0.326 e. The molecular formula is C17H20N4O3S2. The van der Waals surface area contributed by atoms with Crippen LogP contribution in [0.25, 0.3) is 0 Å². The number of piperidine rings is 1. The number of nitrogens with one attached hydrogen (secondary N) is 1. The predicted octanol–water partition coefficient (Wildman–Crippen LogP) is 2.95. The molecule has 1 N–H and O–H groups in total. The monoisotopic (exact) mass is 392 g/mol. The van der Waals surface area contributed by atoms with Crippen molar-refractivity contribution in [3.05, 3.63) is 41.8 Å². The zero-order valence-corrected chi connectivity index (χ0v) is 16.0. The Morgan fingerprint density at radius 1 is 1.12 bits per heavy atom. The topological polar surface area (TPSA) is 73.0 Å². The molecule has 2 aliphatic rings. The van der Waals surface area contributed by atoms with Gasteiger partial charge < -0.3 is 4.90 Å². The first kappa shape index (κ1) is 17.2. The van der Waals surface area contributed by atoms with E-state index in [0.29, 0.717) is 31.6 Å². The fourth-order valence-electron chi connectivity index (χ4n) is 3.52. The molecule has 2 aliphatic heterocycles. The number of anilines is 3. The standard InChI is InChI=1S/C17H20N4O3S2/c1-19-14-5-2-3-6-15(14)21(26(19,23)24)13-8-10-20(11-9-13)17(22)18-16-7-4-12-25-16/h2-7,12-13H,8-11H2,1H3,(H,18,22). The zero-order chi connectivity index (χ0) is 18.3. The van der Waals surface area contributed by atoms with E-state index >= 15 is 0 Å². The highest BCUT2D eigenvalue weighted by Crippen LogP contribution is 2.42. The van der Waals surface area contributed by atoms with E-state index in [-0.39, 0.29) is 12.1 Å². The molecule has 2 amide bonds. The Labute approximate surface area is 157 Å². The summed E-state index contributed by atoms with van der Waals surface area (Å²) in [5.41, 5.74) is 1.42. The van der Waals surface area contributed by atoms with Crippen LogP contribution in [-0.4, -0.2) is 45.5 Å². The SMILES string of the molecule is CN1c2ccccc2N(C2CCN(C(=O)Nc3cccs3)CC2)S1(=O)=O. The molecule has 3 heterocycles. The number of hydrogen-bond donors (Lipinski definition) is 1. The quantitative estimate of drug-likeness (QED) is 0.854. The van der Waals surface area contributed by atoms with Crippen molar-refractivity contribution in [2.75, 3.05) is 34.1 Å². The number of thiophene rings is 1. The van der Waals surface area contributed by atoms with Gasteiger partial charge in [-0.2, -0.15) is 8.42 Å². The Balaban J connectivity index is 1.47. The van der Waals surface area contributed by atoms with Crippen LogP contribution in [0, 0.1) is 0 Å². The Kier molecular flexibility index (Phi) is 4.28. The van der Waals surface area contributed by atoms with Crippen molar-refractivity contribution in [2.45, 2.75) is 18.9 Å². The number of benzene rings is 1. The van der Waals surface area contributed by atoms with E-state index in [0.717, 1.165) is 10.7 Å². The second kappa shape index (κ2) is 6.48. The van der Waals surface area contributed by atoms with Crippen LogP contribution in [-0.2, 0) is 10.2 Å². The second-order valence-electron chi connectivity index (χ2n) is 6.39. The molecule has 0 saturated carbocycles. The molecule has 138 valence electrons. The number of nitrogens with zero attached hydrogens (tertiary/aromatic N) is 3. The van der Waals surface area contributed by atoms with Crippen molar-refractivity contribution < 1.29 is 13.2 Å². The van der Waals surface area contributed by atoms with Crippen LogP contribution < -0.4 is 13.9 Å². The summed E-state index contributed by atoms with van der Waals surface area (Å²) in [7, 11) is -1.97. The fourth-order valence-corrected chi connectivity index (χ4v) is 5.78. The number of carbonyl (C=O) groups is 1. The van der Waals surface area contributed by atoms with E-state index in [1.807, 2.05) is 41.8 Å². The molecule has 0 unspecified atom stereocenters. The highest BCUT2D eigenvalue weighted by molar-refractivity contribution is 7.94. The molecule has 0 atom stereocenters. The van der Waals surface area contributed by atoms with Gasteiger partial charge >= 0.3 is 16.2 Å². The van der Waals surface area contributed by atoms with Gasteiger partial charge in [0.2, 0.25) is 0 Å². The molecule has 1 aromatic heterocycles. The van der Waals surface area contributed by atoms with Gasteiger partial charge in [0.1, 0.15) is 0 Å². The van der Waals surface area contributed by atoms with E-state index in [9.17, 15) is 13.2 Å². The van der Waals surface area contributed by atoms with Gasteiger partial charge in [-0.05, 0) is 42.5 Å². The number of fused-ring (bicyclic) bond motifs is 1. The third-order valence-electron chi connectivity index (χ3n) is 4.89. The van der Waals surface area contributed by atoms with Gasteiger partial charge in [-0.25, -0.2) is 9.10 Å². The maximum absolute atomic E-state index is 12.8. The predicted molar refractivity (Wildman–Crippen MR) is 104 cm³/mol. The summed E-state index contributed by atoms with van der Waals surface area (Å²) in [6, 6.07) is 10.8. The molecule has 0 bridgehead atoms. The van der Waals surface area contributed by atoms with E-state index in [2.05, 4.69) is 5.32 Å². The summed E-state index contributed by atoms with van der Waals surface area (Å²) >= 11 is 1.48. The normalized spacial score (nSPS) is 19.5. The lowest BCUT2D eigenvalue weighted by Gasteiger charge is -2.36. The first-order chi connectivity index (χ1) is 12.5. The molecule has 2 aromatic rings. The number of para-hydroxylation sites is 2. The van der Waals surface area contributed by atoms with Crippen LogP contribution in [0.3, 0.4) is 0 Å². The summed E-state index contributed by atoms with van der Waals surface area (Å²) < 4.78 is 28.5. The van der Waals surface area contributed by atoms with Crippen LogP contribution >= 0.6 is 11.3 Å². The molecule has 26 heavy (non-hydrogen) atoms. The van der Waals surface area contributed by atoms with Crippen molar-refractivity contribution >= 4 is 44.0 Å². The smallest absolute Gasteiger partial charge is 0.324 e. The first-order valence-corrected chi connectivity index (χ1v) is 10.7. The third kappa shape index (κ3) is 2.80. The molecule has 0 aliphatic carbocycles. The lowest BCUT2D eigenvalue weighted by atomic mass is 10.0. The Hall–Kier alpha value is -2.26.